The summed E-state index contributed by atoms with van der Waals surface area (Å²) in [7, 11) is 3.30. The maximum absolute atomic E-state index is 12.4. The molecule has 0 radical (unpaired) electrons. The van der Waals surface area contributed by atoms with Crippen LogP contribution >= 0.6 is 21.6 Å². The van der Waals surface area contributed by atoms with Gasteiger partial charge in [0, 0.05) is 35.6 Å². The summed E-state index contributed by atoms with van der Waals surface area (Å²) in [5, 5.41) is 8.97. The zero-order valence-electron chi connectivity index (χ0n) is 27.6. The molecule has 0 aliphatic heterocycles. The molecule has 0 saturated carbocycles. The van der Waals surface area contributed by atoms with Crippen LogP contribution in [0.25, 0.3) is 0 Å². The van der Waals surface area contributed by atoms with Crippen molar-refractivity contribution >= 4 is 39.1 Å². The first-order valence-corrected chi connectivity index (χ1v) is 17.5. The molecule has 1 atom stereocenters. The zero-order chi connectivity index (χ0) is 32.6. The third-order valence-corrected chi connectivity index (χ3v) is 8.77. The van der Waals surface area contributed by atoms with E-state index in [1.165, 1.54) is 0 Å². The molecule has 0 heterocycles. The Morgan fingerprint density at radius 2 is 1.66 bits per heavy atom. The van der Waals surface area contributed by atoms with E-state index in [1.54, 1.807) is 27.7 Å². The van der Waals surface area contributed by atoms with Crippen LogP contribution in [-0.2, 0) is 28.5 Å². The highest BCUT2D eigenvalue weighted by Crippen LogP contribution is 2.38. The van der Waals surface area contributed by atoms with Crippen molar-refractivity contribution in [2.45, 2.75) is 71.1 Å². The van der Waals surface area contributed by atoms with Gasteiger partial charge in [0.1, 0.15) is 24.4 Å². The van der Waals surface area contributed by atoms with E-state index in [-0.39, 0.29) is 35.0 Å². The quantitative estimate of drug-likeness (QED) is 0.0554. The van der Waals surface area contributed by atoms with E-state index in [0.717, 1.165) is 6.54 Å². The van der Waals surface area contributed by atoms with Crippen molar-refractivity contribution in [2.75, 3.05) is 71.3 Å². The van der Waals surface area contributed by atoms with Gasteiger partial charge in [-0.3, -0.25) is 9.59 Å². The van der Waals surface area contributed by atoms with Crippen molar-refractivity contribution in [1.29, 1.82) is 0 Å². The topological polar surface area (TPSA) is 116 Å². The van der Waals surface area contributed by atoms with Gasteiger partial charge in [0.25, 0.3) is 0 Å². The SMILES string of the molecule is CC(C)/C=C/CNC(=O)COCCO[C@@H](COc1cccc(NC(=O)CCOCCOCCNC(C)C)c1)SSC(C)(C)C. The minimum absolute atomic E-state index is 0.0144. The fraction of sp³-hybridized carbons (Fsp3) is 0.688. The molecule has 0 aliphatic rings. The monoisotopic (exact) mass is 657 g/mol. The average Bonchev–Trinajstić information content (AvgIpc) is 2.94. The summed E-state index contributed by atoms with van der Waals surface area (Å²) < 4.78 is 28.6. The van der Waals surface area contributed by atoms with Crippen LogP contribution in [0.15, 0.2) is 36.4 Å². The maximum atomic E-state index is 12.4. The molecule has 0 unspecified atom stereocenters. The molecule has 0 aromatic heterocycles. The highest BCUT2D eigenvalue weighted by atomic mass is 33.1. The fourth-order valence-electron chi connectivity index (χ4n) is 3.23. The number of allylic oxidation sites excluding steroid dienone is 1. The summed E-state index contributed by atoms with van der Waals surface area (Å²) in [4.78, 5) is 24.3. The number of ether oxygens (including phenoxy) is 5. The number of carbonyl (C=O) groups is 2. The van der Waals surface area contributed by atoms with Gasteiger partial charge in [-0.2, -0.15) is 0 Å². The van der Waals surface area contributed by atoms with Crippen molar-refractivity contribution in [1.82, 2.24) is 10.6 Å². The predicted molar refractivity (Wildman–Crippen MR) is 182 cm³/mol. The Bertz CT molecular complexity index is 943. The van der Waals surface area contributed by atoms with Gasteiger partial charge in [-0.1, -0.05) is 88.3 Å². The maximum Gasteiger partial charge on any atom is 0.246 e. The number of amides is 2. The van der Waals surface area contributed by atoms with Crippen molar-refractivity contribution in [3.8, 4) is 5.75 Å². The van der Waals surface area contributed by atoms with Gasteiger partial charge < -0.3 is 39.6 Å². The Kier molecular flexibility index (Phi) is 22.3. The lowest BCUT2D eigenvalue weighted by atomic mass is 10.2. The van der Waals surface area contributed by atoms with Gasteiger partial charge in [-0.05, 0) is 18.1 Å². The van der Waals surface area contributed by atoms with Crippen molar-refractivity contribution in [2.24, 2.45) is 5.92 Å². The van der Waals surface area contributed by atoms with Gasteiger partial charge in [-0.15, -0.1) is 0 Å². The van der Waals surface area contributed by atoms with Gasteiger partial charge >= 0.3 is 0 Å². The van der Waals surface area contributed by atoms with E-state index in [4.69, 9.17) is 23.7 Å². The number of hydrogen-bond donors (Lipinski definition) is 3. The third kappa shape index (κ3) is 24.5. The second kappa shape index (κ2) is 24.4. The molecular weight excluding hydrogens is 603 g/mol. The lowest BCUT2D eigenvalue weighted by molar-refractivity contribution is -0.126. The van der Waals surface area contributed by atoms with E-state index in [2.05, 4.69) is 64.4 Å². The molecule has 12 heteroatoms. The number of hydrogen-bond acceptors (Lipinski definition) is 10. The largest absolute Gasteiger partial charge is 0.490 e. The lowest BCUT2D eigenvalue weighted by Crippen LogP contribution is -2.28. The number of nitrogens with one attached hydrogen (secondary N) is 3. The molecule has 10 nitrogen and oxygen atoms in total. The van der Waals surface area contributed by atoms with Gasteiger partial charge in [0.15, 0.2) is 0 Å². The van der Waals surface area contributed by atoms with Crippen LogP contribution in [0.1, 0.15) is 54.9 Å². The Hall–Kier alpha value is -1.80. The number of anilines is 1. The third-order valence-electron chi connectivity index (χ3n) is 5.26. The molecular formula is C32H55N3O7S2. The summed E-state index contributed by atoms with van der Waals surface area (Å²) in [5.74, 6) is 0.775. The first-order valence-electron chi connectivity index (χ1n) is 15.3. The second-order valence-electron chi connectivity index (χ2n) is 11.6. The van der Waals surface area contributed by atoms with Crippen LogP contribution in [0.4, 0.5) is 5.69 Å². The molecule has 1 aromatic rings. The van der Waals surface area contributed by atoms with Crippen LogP contribution in [-0.4, -0.2) is 94.0 Å². The lowest BCUT2D eigenvalue weighted by Gasteiger charge is -2.22. The minimum atomic E-state index is -0.260. The fourth-order valence-corrected chi connectivity index (χ4v) is 5.42. The van der Waals surface area contributed by atoms with Crippen molar-refractivity contribution in [3.63, 3.8) is 0 Å². The van der Waals surface area contributed by atoms with Crippen LogP contribution < -0.4 is 20.7 Å². The van der Waals surface area contributed by atoms with Crippen LogP contribution in [0, 0.1) is 5.92 Å². The Morgan fingerprint density at radius 1 is 0.932 bits per heavy atom. The minimum Gasteiger partial charge on any atom is -0.490 e. The molecule has 1 rings (SSSR count). The highest BCUT2D eigenvalue weighted by molar-refractivity contribution is 8.77. The molecule has 1 aromatic carbocycles. The average molecular weight is 658 g/mol. The normalized spacial score (nSPS) is 12.7. The predicted octanol–water partition coefficient (Wildman–Crippen LogP) is 5.29. The molecule has 2 amide bonds. The summed E-state index contributed by atoms with van der Waals surface area (Å²) >= 11 is 0. The molecule has 0 bridgehead atoms. The molecule has 0 saturated heterocycles. The summed E-state index contributed by atoms with van der Waals surface area (Å²) in [5.41, 5.74) is 0.387. The molecule has 0 spiro atoms. The molecule has 0 fully saturated rings. The standard InChI is InChI=1S/C32H55N3O7S2/c1-25(2)10-9-14-34-30(37)23-40-20-21-41-31(43-44-32(5,6)7)24-42-28-12-8-11-27(22-28)35-29(36)13-16-38-18-19-39-17-15-33-26(3)4/h8-12,22,25-26,31,33H,13-21,23-24H2,1-7H3,(H,34,37)(H,35,36)/b10-9+/t31-/m1/s1. The van der Waals surface area contributed by atoms with E-state index >= 15 is 0 Å². The van der Waals surface area contributed by atoms with Crippen LogP contribution in [0.2, 0.25) is 0 Å². The Balaban J connectivity index is 2.38. The van der Waals surface area contributed by atoms with Crippen molar-refractivity contribution < 1.29 is 33.3 Å². The number of benzene rings is 1. The van der Waals surface area contributed by atoms with Gasteiger partial charge in [-0.25, -0.2) is 0 Å². The Morgan fingerprint density at radius 3 is 2.36 bits per heavy atom. The van der Waals surface area contributed by atoms with E-state index in [9.17, 15) is 9.59 Å². The molecule has 44 heavy (non-hydrogen) atoms. The number of carbonyl (C=O) groups excluding carboxylic acids is 2. The number of rotatable bonds is 25. The molecule has 252 valence electrons. The summed E-state index contributed by atoms with van der Waals surface area (Å²) in [6.45, 7) is 18.9. The molecule has 0 aliphatic carbocycles. The summed E-state index contributed by atoms with van der Waals surface area (Å²) in [6.07, 6.45) is 4.23. The Labute approximate surface area is 272 Å². The first-order chi connectivity index (χ1) is 20.9. The highest BCUT2D eigenvalue weighted by Gasteiger charge is 2.18. The van der Waals surface area contributed by atoms with Gasteiger partial charge in [0.2, 0.25) is 11.8 Å². The van der Waals surface area contributed by atoms with E-state index in [0.29, 0.717) is 76.2 Å². The van der Waals surface area contributed by atoms with Crippen molar-refractivity contribution in [3.05, 3.63) is 36.4 Å². The zero-order valence-corrected chi connectivity index (χ0v) is 29.3. The smallest absolute Gasteiger partial charge is 0.246 e. The van der Waals surface area contributed by atoms with Crippen LogP contribution in [0.5, 0.6) is 5.75 Å². The summed E-state index contributed by atoms with van der Waals surface area (Å²) in [6, 6.07) is 7.71. The van der Waals surface area contributed by atoms with E-state index < -0.39 is 0 Å². The molecule has 3 N–H and O–H groups in total. The van der Waals surface area contributed by atoms with E-state index in [1.807, 2.05) is 30.4 Å². The van der Waals surface area contributed by atoms with Crippen LogP contribution in [0.3, 0.4) is 0 Å². The van der Waals surface area contributed by atoms with Gasteiger partial charge in [0.05, 0.1) is 46.1 Å². The second-order valence-corrected chi connectivity index (χ2v) is 14.8. The first kappa shape index (κ1) is 40.2.